The molecule has 1 heterocycles. The normalized spacial score (nSPS) is 9.83. The first kappa shape index (κ1) is 18.9. The van der Waals surface area contributed by atoms with Crippen LogP contribution in [0.15, 0.2) is 42.6 Å². The maximum absolute atomic E-state index is 12.2. The van der Waals surface area contributed by atoms with Crippen molar-refractivity contribution in [1.82, 2.24) is 4.98 Å². The first-order valence-electron chi connectivity index (χ1n) is 6.91. The van der Waals surface area contributed by atoms with Crippen molar-refractivity contribution >= 4 is 24.0 Å². The summed E-state index contributed by atoms with van der Waals surface area (Å²) in [5, 5.41) is 2.82. The summed E-state index contributed by atoms with van der Waals surface area (Å²) in [6.45, 7) is 1.26. The number of hydrogen-bond acceptors (Lipinski definition) is 5. The number of benzene rings is 1. The second-order valence-electron chi connectivity index (χ2n) is 4.56. The van der Waals surface area contributed by atoms with Crippen molar-refractivity contribution in [2.24, 2.45) is 5.73 Å². The number of halogens is 1. The number of carbonyl (C=O) groups is 1. The van der Waals surface area contributed by atoms with Crippen LogP contribution in [0.25, 0.3) is 0 Å². The van der Waals surface area contributed by atoms with Gasteiger partial charge in [-0.15, -0.1) is 12.4 Å². The highest BCUT2D eigenvalue weighted by Crippen LogP contribution is 2.18. The van der Waals surface area contributed by atoms with Gasteiger partial charge in [-0.2, -0.15) is 0 Å². The van der Waals surface area contributed by atoms with E-state index in [0.29, 0.717) is 42.5 Å². The lowest BCUT2D eigenvalue weighted by Gasteiger charge is -2.09. The van der Waals surface area contributed by atoms with Gasteiger partial charge in [0.15, 0.2) is 0 Å². The number of carbonyl (C=O) groups excluding carboxylic acids is 1. The highest BCUT2D eigenvalue weighted by atomic mass is 35.5. The molecule has 0 aliphatic heterocycles. The molecule has 0 atom stereocenters. The quantitative estimate of drug-likeness (QED) is 0.757. The van der Waals surface area contributed by atoms with Gasteiger partial charge in [0.2, 0.25) is 0 Å². The van der Waals surface area contributed by atoms with E-state index in [2.05, 4.69) is 10.3 Å². The summed E-state index contributed by atoms with van der Waals surface area (Å²) >= 11 is 0. The van der Waals surface area contributed by atoms with Gasteiger partial charge in [0, 0.05) is 37.2 Å². The number of hydrogen-bond donors (Lipinski definition) is 2. The number of nitrogens with two attached hydrogens (primary N) is 1. The molecule has 0 spiro atoms. The van der Waals surface area contributed by atoms with Crippen LogP contribution in [0.1, 0.15) is 16.1 Å². The molecule has 2 aromatic rings. The average molecular weight is 338 g/mol. The molecule has 1 aromatic heterocycles. The molecule has 0 aliphatic rings. The Kier molecular flexibility index (Phi) is 8.04. The van der Waals surface area contributed by atoms with E-state index in [1.54, 1.807) is 37.6 Å². The zero-order chi connectivity index (χ0) is 15.8. The van der Waals surface area contributed by atoms with Gasteiger partial charge in [0.25, 0.3) is 5.91 Å². The van der Waals surface area contributed by atoms with E-state index >= 15 is 0 Å². The Labute approximate surface area is 141 Å². The summed E-state index contributed by atoms with van der Waals surface area (Å²) in [4.78, 5) is 16.3. The number of nitrogens with one attached hydrogen (secondary N) is 1. The van der Waals surface area contributed by atoms with Crippen molar-refractivity contribution in [3.8, 4) is 5.75 Å². The molecular formula is C16H20ClN3O3. The number of pyridine rings is 1. The molecule has 6 nitrogen and oxygen atoms in total. The number of nitrogens with zero attached hydrogens (tertiary/aromatic N) is 1. The third kappa shape index (κ3) is 5.86. The third-order valence-electron chi connectivity index (χ3n) is 2.94. The van der Waals surface area contributed by atoms with Crippen LogP contribution < -0.4 is 15.8 Å². The van der Waals surface area contributed by atoms with Gasteiger partial charge >= 0.3 is 0 Å². The van der Waals surface area contributed by atoms with Crippen molar-refractivity contribution < 1.29 is 14.3 Å². The first-order valence-corrected chi connectivity index (χ1v) is 6.91. The van der Waals surface area contributed by atoms with Crippen molar-refractivity contribution in [2.45, 2.75) is 6.54 Å². The van der Waals surface area contributed by atoms with Crippen LogP contribution in [0.4, 0.5) is 5.69 Å². The van der Waals surface area contributed by atoms with Crippen molar-refractivity contribution in [1.29, 1.82) is 0 Å². The van der Waals surface area contributed by atoms with Gasteiger partial charge < -0.3 is 20.5 Å². The maximum atomic E-state index is 12.2. The van der Waals surface area contributed by atoms with Gasteiger partial charge in [0.05, 0.1) is 12.3 Å². The molecule has 0 saturated heterocycles. The molecule has 124 valence electrons. The van der Waals surface area contributed by atoms with Crippen LogP contribution >= 0.6 is 12.4 Å². The molecule has 2 rings (SSSR count). The Hall–Kier alpha value is -2.15. The smallest absolute Gasteiger partial charge is 0.255 e. The van der Waals surface area contributed by atoms with E-state index < -0.39 is 0 Å². The molecule has 0 unspecified atom stereocenters. The standard InChI is InChI=1S/C16H19N3O3.ClH/c1-21-7-8-22-15-4-2-3-13(10-15)19-16(20)12-5-6-18-14(9-12)11-17;/h2-6,9-10H,7-8,11,17H2,1H3,(H,19,20);1H. The summed E-state index contributed by atoms with van der Waals surface area (Å²) in [7, 11) is 1.62. The molecule has 0 aliphatic carbocycles. The van der Waals surface area contributed by atoms with Crippen LogP contribution in [0.2, 0.25) is 0 Å². The van der Waals surface area contributed by atoms with E-state index in [4.69, 9.17) is 15.2 Å². The fourth-order valence-electron chi connectivity index (χ4n) is 1.84. The van der Waals surface area contributed by atoms with Crippen LogP contribution in [-0.2, 0) is 11.3 Å². The second-order valence-corrected chi connectivity index (χ2v) is 4.56. The summed E-state index contributed by atoms with van der Waals surface area (Å²) in [5.41, 5.74) is 7.37. The third-order valence-corrected chi connectivity index (χ3v) is 2.94. The van der Waals surface area contributed by atoms with E-state index in [0.717, 1.165) is 0 Å². The van der Waals surface area contributed by atoms with E-state index in [1.807, 2.05) is 12.1 Å². The number of aromatic nitrogens is 1. The molecular weight excluding hydrogens is 318 g/mol. The molecule has 0 radical (unpaired) electrons. The van der Waals surface area contributed by atoms with Gasteiger partial charge in [-0.05, 0) is 24.3 Å². The topological polar surface area (TPSA) is 86.5 Å². The van der Waals surface area contributed by atoms with Crippen molar-refractivity contribution in [3.05, 3.63) is 53.9 Å². The van der Waals surface area contributed by atoms with Gasteiger partial charge in [-0.25, -0.2) is 0 Å². The lowest BCUT2D eigenvalue weighted by atomic mass is 10.2. The minimum absolute atomic E-state index is 0. The van der Waals surface area contributed by atoms with E-state index in [-0.39, 0.29) is 18.3 Å². The lowest BCUT2D eigenvalue weighted by molar-refractivity contribution is 0.102. The number of methoxy groups -OCH3 is 1. The monoisotopic (exact) mass is 337 g/mol. The number of ether oxygens (including phenoxy) is 2. The molecule has 0 bridgehead atoms. The second kappa shape index (κ2) is 9.78. The van der Waals surface area contributed by atoms with Gasteiger partial charge in [0.1, 0.15) is 12.4 Å². The highest BCUT2D eigenvalue weighted by molar-refractivity contribution is 6.04. The summed E-state index contributed by atoms with van der Waals surface area (Å²) in [5.74, 6) is 0.457. The number of rotatable bonds is 7. The van der Waals surface area contributed by atoms with Crippen molar-refractivity contribution in [3.63, 3.8) is 0 Å². The Morgan fingerprint density at radius 2 is 2.09 bits per heavy atom. The summed E-state index contributed by atoms with van der Waals surface area (Å²) in [6, 6.07) is 10.5. The predicted octanol–water partition coefficient (Wildman–Crippen LogP) is 2.24. The average Bonchev–Trinajstić information content (AvgIpc) is 2.55. The van der Waals surface area contributed by atoms with E-state index in [9.17, 15) is 4.79 Å². The first-order chi connectivity index (χ1) is 10.7. The Morgan fingerprint density at radius 1 is 1.26 bits per heavy atom. The fourth-order valence-corrected chi connectivity index (χ4v) is 1.84. The lowest BCUT2D eigenvalue weighted by Crippen LogP contribution is -2.13. The Balaban J connectivity index is 0.00000264. The maximum Gasteiger partial charge on any atom is 0.255 e. The van der Waals surface area contributed by atoms with E-state index in [1.165, 1.54) is 0 Å². The summed E-state index contributed by atoms with van der Waals surface area (Å²) < 4.78 is 10.4. The zero-order valence-electron chi connectivity index (χ0n) is 12.8. The fraction of sp³-hybridized carbons (Fsp3) is 0.250. The summed E-state index contributed by atoms with van der Waals surface area (Å²) in [6.07, 6.45) is 1.57. The SMILES string of the molecule is COCCOc1cccc(NC(=O)c2ccnc(CN)c2)c1.Cl. The van der Waals surface area contributed by atoms with Crippen LogP contribution in [0, 0.1) is 0 Å². The van der Waals surface area contributed by atoms with Crippen LogP contribution in [0.3, 0.4) is 0 Å². The number of anilines is 1. The van der Waals surface area contributed by atoms with Crippen molar-refractivity contribution in [2.75, 3.05) is 25.6 Å². The van der Waals surface area contributed by atoms with Crippen LogP contribution in [0.5, 0.6) is 5.75 Å². The van der Waals surface area contributed by atoms with Crippen LogP contribution in [-0.4, -0.2) is 31.2 Å². The molecule has 0 fully saturated rings. The molecule has 23 heavy (non-hydrogen) atoms. The van der Waals surface area contributed by atoms with Gasteiger partial charge in [-0.1, -0.05) is 6.07 Å². The largest absolute Gasteiger partial charge is 0.491 e. The molecule has 3 N–H and O–H groups in total. The predicted molar refractivity (Wildman–Crippen MR) is 91.1 cm³/mol. The number of amides is 1. The highest BCUT2D eigenvalue weighted by Gasteiger charge is 2.07. The Morgan fingerprint density at radius 3 is 2.83 bits per heavy atom. The molecule has 1 aromatic carbocycles. The van der Waals surface area contributed by atoms with Gasteiger partial charge in [-0.3, -0.25) is 9.78 Å². The molecule has 7 heteroatoms. The Bertz CT molecular complexity index is 637. The molecule has 0 saturated carbocycles. The molecule has 1 amide bonds. The minimum atomic E-state index is -0.217. The zero-order valence-corrected chi connectivity index (χ0v) is 13.6. The minimum Gasteiger partial charge on any atom is -0.491 e.